The van der Waals surface area contributed by atoms with Crippen molar-refractivity contribution in [1.82, 2.24) is 15.5 Å². The number of likely N-dealkylation sites (tertiary alicyclic amines) is 1. The first kappa shape index (κ1) is 15.8. The van der Waals surface area contributed by atoms with E-state index in [-0.39, 0.29) is 11.9 Å². The summed E-state index contributed by atoms with van der Waals surface area (Å²) in [6.45, 7) is 4.61. The third-order valence-corrected chi connectivity index (χ3v) is 3.97. The van der Waals surface area contributed by atoms with E-state index in [9.17, 15) is 4.79 Å². The third kappa shape index (κ3) is 5.01. The van der Waals surface area contributed by atoms with Gasteiger partial charge in [0, 0.05) is 26.1 Å². The standard InChI is InChI=1S/C16H23N3OS/c1-13(14-7-3-2-4-8-14)18-16(21)17-10-6-12-19-11-5-9-15(19)20/h2-4,7-8,13H,5-6,9-12H2,1H3,(H2,17,18,21). The number of amides is 1. The molecule has 1 aliphatic rings. The summed E-state index contributed by atoms with van der Waals surface area (Å²) in [5, 5.41) is 7.14. The first-order valence-electron chi connectivity index (χ1n) is 7.54. The van der Waals surface area contributed by atoms with Crippen molar-refractivity contribution in [2.75, 3.05) is 19.6 Å². The van der Waals surface area contributed by atoms with Gasteiger partial charge >= 0.3 is 0 Å². The number of nitrogens with zero attached hydrogens (tertiary/aromatic N) is 1. The van der Waals surface area contributed by atoms with E-state index in [2.05, 4.69) is 29.7 Å². The molecule has 1 aromatic carbocycles. The zero-order valence-corrected chi connectivity index (χ0v) is 13.3. The van der Waals surface area contributed by atoms with Crippen molar-refractivity contribution in [3.05, 3.63) is 35.9 Å². The Morgan fingerprint density at radius 3 is 2.81 bits per heavy atom. The molecule has 1 unspecified atom stereocenters. The fourth-order valence-electron chi connectivity index (χ4n) is 2.49. The summed E-state index contributed by atoms with van der Waals surface area (Å²) in [6.07, 6.45) is 2.64. The minimum atomic E-state index is 0.186. The SMILES string of the molecule is CC(NC(=S)NCCCN1CCCC1=O)c1ccccc1. The predicted molar refractivity (Wildman–Crippen MR) is 89.0 cm³/mol. The molecular formula is C16H23N3OS. The first-order valence-corrected chi connectivity index (χ1v) is 7.95. The molecule has 0 bridgehead atoms. The molecule has 0 spiro atoms. The van der Waals surface area contributed by atoms with Gasteiger partial charge in [-0.05, 0) is 37.5 Å². The minimum Gasteiger partial charge on any atom is -0.363 e. The van der Waals surface area contributed by atoms with Crippen molar-refractivity contribution in [2.45, 2.75) is 32.2 Å². The summed E-state index contributed by atoms with van der Waals surface area (Å²) in [4.78, 5) is 13.4. The van der Waals surface area contributed by atoms with E-state index in [4.69, 9.17) is 12.2 Å². The molecular weight excluding hydrogens is 282 g/mol. The molecule has 1 fully saturated rings. The van der Waals surface area contributed by atoms with Gasteiger partial charge in [-0.1, -0.05) is 30.3 Å². The summed E-state index contributed by atoms with van der Waals surface area (Å²) in [6, 6.07) is 10.4. The van der Waals surface area contributed by atoms with E-state index in [1.54, 1.807) is 0 Å². The fraction of sp³-hybridized carbons (Fsp3) is 0.500. The van der Waals surface area contributed by atoms with Crippen molar-refractivity contribution in [3.63, 3.8) is 0 Å². The largest absolute Gasteiger partial charge is 0.363 e. The highest BCUT2D eigenvalue weighted by atomic mass is 32.1. The molecule has 1 atom stereocenters. The van der Waals surface area contributed by atoms with Crippen LogP contribution >= 0.6 is 12.2 Å². The Morgan fingerprint density at radius 1 is 1.38 bits per heavy atom. The Labute approximate surface area is 131 Å². The number of thiocarbonyl (C=S) groups is 1. The normalized spacial score (nSPS) is 15.9. The highest BCUT2D eigenvalue weighted by Crippen LogP contribution is 2.11. The van der Waals surface area contributed by atoms with Gasteiger partial charge in [0.1, 0.15) is 0 Å². The summed E-state index contributed by atoms with van der Waals surface area (Å²) in [7, 11) is 0. The van der Waals surface area contributed by atoms with Gasteiger partial charge in [0.2, 0.25) is 5.91 Å². The van der Waals surface area contributed by atoms with Gasteiger partial charge in [-0.25, -0.2) is 0 Å². The molecule has 0 radical (unpaired) electrons. The highest BCUT2D eigenvalue weighted by Gasteiger charge is 2.18. The summed E-state index contributed by atoms with van der Waals surface area (Å²) < 4.78 is 0. The van der Waals surface area contributed by atoms with Crippen LogP contribution in [0.15, 0.2) is 30.3 Å². The molecule has 1 saturated heterocycles. The van der Waals surface area contributed by atoms with E-state index in [0.29, 0.717) is 11.5 Å². The zero-order valence-electron chi connectivity index (χ0n) is 12.5. The first-order chi connectivity index (χ1) is 10.2. The molecule has 2 rings (SSSR count). The summed E-state index contributed by atoms with van der Waals surface area (Å²) in [5.41, 5.74) is 1.21. The maximum absolute atomic E-state index is 11.5. The Hall–Kier alpha value is -1.62. The molecule has 2 N–H and O–H groups in total. The van der Waals surface area contributed by atoms with E-state index in [1.165, 1.54) is 5.56 Å². The topological polar surface area (TPSA) is 44.4 Å². The molecule has 5 heteroatoms. The maximum atomic E-state index is 11.5. The average molecular weight is 305 g/mol. The van der Waals surface area contributed by atoms with E-state index < -0.39 is 0 Å². The molecule has 1 aromatic rings. The second-order valence-electron chi connectivity index (χ2n) is 5.37. The van der Waals surface area contributed by atoms with Gasteiger partial charge < -0.3 is 15.5 Å². The zero-order chi connectivity index (χ0) is 15.1. The van der Waals surface area contributed by atoms with Gasteiger partial charge in [0.15, 0.2) is 5.11 Å². The van der Waals surface area contributed by atoms with Crippen LogP contribution in [0.4, 0.5) is 0 Å². The van der Waals surface area contributed by atoms with Crippen LogP contribution in [0.3, 0.4) is 0 Å². The Bertz CT molecular complexity index is 478. The number of carbonyl (C=O) groups excluding carboxylic acids is 1. The smallest absolute Gasteiger partial charge is 0.222 e. The van der Waals surface area contributed by atoms with E-state index in [0.717, 1.165) is 32.5 Å². The Kier molecular flexibility index (Phi) is 5.99. The van der Waals surface area contributed by atoms with Crippen molar-refractivity contribution < 1.29 is 4.79 Å². The van der Waals surface area contributed by atoms with Crippen LogP contribution in [0.25, 0.3) is 0 Å². The average Bonchev–Trinajstić information content (AvgIpc) is 2.90. The Morgan fingerprint density at radius 2 is 2.14 bits per heavy atom. The van der Waals surface area contributed by atoms with E-state index >= 15 is 0 Å². The van der Waals surface area contributed by atoms with Crippen LogP contribution in [-0.4, -0.2) is 35.6 Å². The van der Waals surface area contributed by atoms with Crippen molar-refractivity contribution in [3.8, 4) is 0 Å². The fourth-order valence-corrected chi connectivity index (χ4v) is 2.76. The molecule has 114 valence electrons. The summed E-state index contributed by atoms with van der Waals surface area (Å²) in [5.74, 6) is 0.286. The second-order valence-corrected chi connectivity index (χ2v) is 5.78. The number of carbonyl (C=O) groups is 1. The second kappa shape index (κ2) is 7.98. The molecule has 0 saturated carbocycles. The van der Waals surface area contributed by atoms with Crippen molar-refractivity contribution >= 4 is 23.2 Å². The number of rotatable bonds is 6. The van der Waals surface area contributed by atoms with Gasteiger partial charge in [-0.3, -0.25) is 4.79 Å². The molecule has 21 heavy (non-hydrogen) atoms. The molecule has 1 heterocycles. The van der Waals surface area contributed by atoms with Gasteiger partial charge in [0.05, 0.1) is 6.04 Å². The van der Waals surface area contributed by atoms with Crippen LogP contribution in [-0.2, 0) is 4.79 Å². The number of benzene rings is 1. The maximum Gasteiger partial charge on any atom is 0.222 e. The molecule has 0 aliphatic carbocycles. The summed E-state index contributed by atoms with van der Waals surface area (Å²) >= 11 is 5.30. The molecule has 0 aromatic heterocycles. The van der Waals surface area contributed by atoms with Crippen molar-refractivity contribution in [1.29, 1.82) is 0 Å². The number of hydrogen-bond acceptors (Lipinski definition) is 2. The lowest BCUT2D eigenvalue weighted by Gasteiger charge is -2.18. The quantitative estimate of drug-likeness (QED) is 0.625. The number of hydrogen-bond donors (Lipinski definition) is 2. The molecule has 1 aliphatic heterocycles. The molecule has 1 amide bonds. The van der Waals surface area contributed by atoms with Crippen LogP contribution in [0, 0.1) is 0 Å². The van der Waals surface area contributed by atoms with Crippen LogP contribution in [0.1, 0.15) is 37.8 Å². The van der Waals surface area contributed by atoms with Crippen LogP contribution in [0.2, 0.25) is 0 Å². The van der Waals surface area contributed by atoms with Crippen LogP contribution in [0.5, 0.6) is 0 Å². The van der Waals surface area contributed by atoms with Crippen molar-refractivity contribution in [2.24, 2.45) is 0 Å². The lowest BCUT2D eigenvalue weighted by molar-refractivity contribution is -0.127. The van der Waals surface area contributed by atoms with Crippen LogP contribution < -0.4 is 10.6 Å². The lowest BCUT2D eigenvalue weighted by atomic mass is 10.1. The van der Waals surface area contributed by atoms with Gasteiger partial charge in [-0.15, -0.1) is 0 Å². The third-order valence-electron chi connectivity index (χ3n) is 3.71. The monoisotopic (exact) mass is 305 g/mol. The predicted octanol–water partition coefficient (Wildman–Crippen LogP) is 2.22. The van der Waals surface area contributed by atoms with Gasteiger partial charge in [0.25, 0.3) is 0 Å². The number of nitrogens with one attached hydrogen (secondary N) is 2. The molecule has 4 nitrogen and oxygen atoms in total. The highest BCUT2D eigenvalue weighted by molar-refractivity contribution is 7.80. The minimum absolute atomic E-state index is 0.186. The lowest BCUT2D eigenvalue weighted by Crippen LogP contribution is -2.38. The van der Waals surface area contributed by atoms with Gasteiger partial charge in [-0.2, -0.15) is 0 Å². The Balaban J connectivity index is 1.62. The van der Waals surface area contributed by atoms with E-state index in [1.807, 2.05) is 23.1 Å².